The molecular formula is C4H12N2O. The fourth-order valence-corrected chi connectivity index (χ4v) is 0.174. The second-order valence-electron chi connectivity index (χ2n) is 1.03. The molecule has 0 saturated heterocycles. The average molecular weight is 104 g/mol. The lowest BCUT2D eigenvalue weighted by Crippen LogP contribution is -2.20. The average Bonchev–Trinajstić information content (AvgIpc) is 1.68. The monoisotopic (exact) mass is 104 g/mol. The molecule has 0 aromatic heterocycles. The molecule has 0 aromatic carbocycles. The van der Waals surface area contributed by atoms with Gasteiger partial charge >= 0.3 is 0 Å². The summed E-state index contributed by atoms with van der Waals surface area (Å²) in [5, 5.41) is 2.74. The van der Waals surface area contributed by atoms with Gasteiger partial charge in [-0.1, -0.05) is 6.58 Å². The molecule has 3 heteroatoms. The van der Waals surface area contributed by atoms with E-state index in [0.29, 0.717) is 5.82 Å². The summed E-state index contributed by atoms with van der Waals surface area (Å²) in [4.78, 5) is 4.48. The lowest BCUT2D eigenvalue weighted by molar-refractivity contribution is 0.113. The van der Waals surface area contributed by atoms with Gasteiger partial charge in [-0.05, 0) is 0 Å². The maximum atomic E-state index is 4.48. The predicted octanol–water partition coefficient (Wildman–Crippen LogP) is 0.0740. The molecule has 0 radical (unpaired) electrons. The molecule has 0 unspecified atom stereocenters. The van der Waals surface area contributed by atoms with Gasteiger partial charge in [-0.15, -0.1) is 0 Å². The van der Waals surface area contributed by atoms with Crippen molar-refractivity contribution in [1.29, 1.82) is 0 Å². The van der Waals surface area contributed by atoms with Crippen LogP contribution >= 0.6 is 0 Å². The van der Waals surface area contributed by atoms with Crippen molar-refractivity contribution in [3.05, 3.63) is 12.4 Å². The highest BCUT2D eigenvalue weighted by Crippen LogP contribution is 1.67. The van der Waals surface area contributed by atoms with Gasteiger partial charge < -0.3 is 5.32 Å². The highest BCUT2D eigenvalue weighted by Gasteiger charge is 1.77. The third-order valence-corrected chi connectivity index (χ3v) is 0.527. The van der Waals surface area contributed by atoms with E-state index in [1.165, 1.54) is 7.11 Å². The van der Waals surface area contributed by atoms with Crippen LogP contribution in [0.3, 0.4) is 0 Å². The van der Waals surface area contributed by atoms with Crippen LogP contribution in [0.4, 0.5) is 0 Å². The van der Waals surface area contributed by atoms with E-state index in [1.807, 2.05) is 0 Å². The molecule has 0 aliphatic heterocycles. The molecule has 0 spiro atoms. The van der Waals surface area contributed by atoms with Crippen LogP contribution in [-0.4, -0.2) is 14.2 Å². The summed E-state index contributed by atoms with van der Waals surface area (Å²) in [7, 11) is 3.29. The molecule has 0 aliphatic rings. The summed E-state index contributed by atoms with van der Waals surface area (Å²) in [5.41, 5.74) is 2.49. The molecule has 0 saturated carbocycles. The molecule has 0 fully saturated rings. The molecule has 0 aromatic rings. The minimum Gasteiger partial charge on any atom is -0.374 e. The van der Waals surface area contributed by atoms with Crippen LogP contribution in [0.15, 0.2) is 12.4 Å². The fraction of sp³-hybridized carbons (Fsp3) is 0.500. The van der Waals surface area contributed by atoms with E-state index in [0.717, 1.165) is 0 Å². The predicted molar refractivity (Wildman–Crippen MR) is 30.5 cm³/mol. The smallest absolute Gasteiger partial charge is 0.115 e. The van der Waals surface area contributed by atoms with Crippen molar-refractivity contribution in [1.82, 2.24) is 10.8 Å². The Bertz CT molecular complexity index is 67.1. The Morgan fingerprint density at radius 1 is 1.86 bits per heavy atom. The fourth-order valence-electron chi connectivity index (χ4n) is 0.174. The van der Waals surface area contributed by atoms with Crippen LogP contribution in [0.2, 0.25) is 0 Å². The number of rotatable bonds is 3. The zero-order valence-corrected chi connectivity index (χ0v) is 4.62. The van der Waals surface area contributed by atoms with Crippen LogP contribution in [0.25, 0.3) is 0 Å². The first-order valence-electron chi connectivity index (χ1n) is 1.97. The van der Waals surface area contributed by atoms with Crippen molar-refractivity contribution in [3.63, 3.8) is 0 Å². The van der Waals surface area contributed by atoms with Crippen molar-refractivity contribution in [2.75, 3.05) is 14.2 Å². The molecule has 7 heavy (non-hydrogen) atoms. The van der Waals surface area contributed by atoms with Crippen molar-refractivity contribution in [3.8, 4) is 0 Å². The topological polar surface area (TPSA) is 33.3 Å². The van der Waals surface area contributed by atoms with Gasteiger partial charge in [0.05, 0.1) is 7.11 Å². The van der Waals surface area contributed by atoms with E-state index in [2.05, 4.69) is 22.2 Å². The lowest BCUT2D eigenvalue weighted by Gasteiger charge is -2.02. The van der Waals surface area contributed by atoms with Gasteiger partial charge in [0.1, 0.15) is 5.82 Å². The Kier molecular flexibility index (Phi) is 3.14. The molecule has 0 amide bonds. The first kappa shape index (κ1) is 6.30. The van der Waals surface area contributed by atoms with Crippen molar-refractivity contribution >= 4 is 0 Å². The summed E-state index contributed by atoms with van der Waals surface area (Å²) in [6, 6.07) is 0. The van der Waals surface area contributed by atoms with Gasteiger partial charge in [-0.3, -0.25) is 10.3 Å². The van der Waals surface area contributed by atoms with Crippen LogP contribution in [0.1, 0.15) is 1.43 Å². The molecule has 2 N–H and O–H groups in total. The van der Waals surface area contributed by atoms with Crippen molar-refractivity contribution in [2.24, 2.45) is 0 Å². The quantitative estimate of drug-likeness (QED) is 0.497. The molecule has 44 valence electrons. The Morgan fingerprint density at radius 2 is 2.43 bits per heavy atom. The number of hydrogen-bond donors (Lipinski definition) is 2. The summed E-state index contributed by atoms with van der Waals surface area (Å²) < 4.78 is 0. The first-order chi connectivity index (χ1) is 3.31. The summed E-state index contributed by atoms with van der Waals surface area (Å²) in [6.45, 7) is 3.52. The number of hydrogen-bond acceptors (Lipinski definition) is 3. The lowest BCUT2D eigenvalue weighted by atomic mass is 10.8. The Labute approximate surface area is 44.8 Å². The van der Waals surface area contributed by atoms with E-state index in [1.54, 1.807) is 7.05 Å². The second-order valence-corrected chi connectivity index (χ2v) is 1.03. The molecule has 0 aliphatic carbocycles. The third kappa shape index (κ3) is 3.12. The van der Waals surface area contributed by atoms with Gasteiger partial charge in [-0.25, -0.2) is 0 Å². The van der Waals surface area contributed by atoms with E-state index in [4.69, 9.17) is 0 Å². The largest absolute Gasteiger partial charge is 0.374 e. The van der Waals surface area contributed by atoms with E-state index in [9.17, 15) is 0 Å². The summed E-state index contributed by atoms with van der Waals surface area (Å²) >= 11 is 0. The highest BCUT2D eigenvalue weighted by molar-refractivity contribution is 4.80. The van der Waals surface area contributed by atoms with Gasteiger partial charge in [0.2, 0.25) is 0 Å². The van der Waals surface area contributed by atoms with E-state index in [-0.39, 0.29) is 1.43 Å². The molecule has 0 rings (SSSR count). The van der Waals surface area contributed by atoms with Gasteiger partial charge in [-0.2, -0.15) is 0 Å². The molecular weight excluding hydrogens is 92.1 g/mol. The van der Waals surface area contributed by atoms with Crippen LogP contribution < -0.4 is 10.8 Å². The van der Waals surface area contributed by atoms with Gasteiger partial charge in [0, 0.05) is 8.47 Å². The number of nitrogens with one attached hydrogen (secondary N) is 2. The minimum atomic E-state index is 0. The second kappa shape index (κ2) is 3.49. The van der Waals surface area contributed by atoms with Crippen molar-refractivity contribution in [2.45, 2.75) is 0 Å². The summed E-state index contributed by atoms with van der Waals surface area (Å²) in [5.74, 6) is 0.655. The van der Waals surface area contributed by atoms with Gasteiger partial charge in [0.25, 0.3) is 0 Å². The third-order valence-electron chi connectivity index (χ3n) is 0.527. The Morgan fingerprint density at radius 3 is 2.57 bits per heavy atom. The highest BCUT2D eigenvalue weighted by atomic mass is 16.6. The Hall–Kier alpha value is -0.700. The standard InChI is InChI=1S/C4H10N2O.H2/c1-4(5-2)6-7-3;/h5-6H,1H2,2-3H3;1H. The normalized spacial score (nSPS) is 7.71. The zero-order chi connectivity index (χ0) is 5.70. The first-order valence-corrected chi connectivity index (χ1v) is 1.97. The van der Waals surface area contributed by atoms with Crippen LogP contribution in [0.5, 0.6) is 0 Å². The Balaban J connectivity index is 0. The zero-order valence-electron chi connectivity index (χ0n) is 4.62. The molecule has 0 atom stereocenters. The van der Waals surface area contributed by atoms with Gasteiger partial charge in [0.15, 0.2) is 0 Å². The molecule has 0 heterocycles. The number of hydroxylamine groups is 1. The van der Waals surface area contributed by atoms with Crippen molar-refractivity contribution < 1.29 is 6.26 Å². The summed E-state index contributed by atoms with van der Waals surface area (Å²) in [6.07, 6.45) is 0. The maximum Gasteiger partial charge on any atom is 0.115 e. The van der Waals surface area contributed by atoms with E-state index < -0.39 is 0 Å². The minimum absolute atomic E-state index is 0. The SMILES string of the molecule is C=C(NC)NOC.[HH]. The molecule has 3 nitrogen and oxygen atoms in total. The maximum absolute atomic E-state index is 4.48. The van der Waals surface area contributed by atoms with Crippen LogP contribution in [0, 0.1) is 0 Å². The van der Waals surface area contributed by atoms with Crippen LogP contribution in [-0.2, 0) is 4.84 Å². The molecule has 0 bridgehead atoms. The van der Waals surface area contributed by atoms with E-state index >= 15 is 0 Å².